The molecule has 21 heavy (non-hydrogen) atoms. The van der Waals surface area contributed by atoms with Gasteiger partial charge in [0.1, 0.15) is 0 Å². The summed E-state index contributed by atoms with van der Waals surface area (Å²) in [6, 6.07) is 0.766. The van der Waals surface area contributed by atoms with Gasteiger partial charge in [0.15, 0.2) is 5.82 Å². The van der Waals surface area contributed by atoms with Crippen LogP contribution in [0.1, 0.15) is 44.4 Å². The normalized spacial score (nSPS) is 21.9. The molecule has 0 saturated carbocycles. The Balaban J connectivity index is 1.88. The molecule has 2 rings (SSSR count). The highest BCUT2D eigenvalue weighted by atomic mass is 16.5. The molecule has 1 N–H and O–H groups in total. The summed E-state index contributed by atoms with van der Waals surface area (Å²) in [6.45, 7) is 8.47. The minimum absolute atomic E-state index is 0.240. The highest BCUT2D eigenvalue weighted by Gasteiger charge is 2.26. The molecule has 1 fully saturated rings. The van der Waals surface area contributed by atoms with Crippen LogP contribution in [0.5, 0.6) is 0 Å². The molecule has 1 aliphatic heterocycles. The molecular formula is C15H29N5O. The topological polar surface area (TPSA) is 57.4 Å². The van der Waals surface area contributed by atoms with Crippen molar-refractivity contribution >= 4 is 0 Å². The van der Waals surface area contributed by atoms with Gasteiger partial charge in [0.25, 0.3) is 0 Å². The van der Waals surface area contributed by atoms with Gasteiger partial charge in [0, 0.05) is 19.0 Å². The lowest BCUT2D eigenvalue weighted by Crippen LogP contribution is -2.31. The number of nitrogens with zero attached hydrogens (tertiary/aromatic N) is 4. The summed E-state index contributed by atoms with van der Waals surface area (Å²) in [5.41, 5.74) is 0. The number of hydrogen-bond donors (Lipinski definition) is 1. The zero-order valence-electron chi connectivity index (χ0n) is 13.8. The summed E-state index contributed by atoms with van der Waals surface area (Å²) in [5, 5.41) is 7.61. The van der Waals surface area contributed by atoms with Crippen LogP contribution in [-0.2, 0) is 6.42 Å². The van der Waals surface area contributed by atoms with Crippen molar-refractivity contribution in [3.05, 3.63) is 11.7 Å². The van der Waals surface area contributed by atoms with Gasteiger partial charge in [-0.05, 0) is 46.6 Å². The standard InChI is InChI=1S/C15H29N5O/c1-12(2)16-8-5-7-14-17-15(18-21-14)13-11-19(3)9-6-10-20(13)4/h12-13,16H,5-11H2,1-4H3. The van der Waals surface area contributed by atoms with E-state index in [2.05, 4.69) is 53.2 Å². The smallest absolute Gasteiger partial charge is 0.226 e. The molecule has 1 saturated heterocycles. The van der Waals surface area contributed by atoms with Crippen LogP contribution in [0.3, 0.4) is 0 Å². The largest absolute Gasteiger partial charge is 0.339 e. The molecule has 1 unspecified atom stereocenters. The fraction of sp³-hybridized carbons (Fsp3) is 0.867. The number of hydrogen-bond acceptors (Lipinski definition) is 6. The van der Waals surface area contributed by atoms with E-state index in [9.17, 15) is 0 Å². The molecule has 0 spiro atoms. The summed E-state index contributed by atoms with van der Waals surface area (Å²) in [5.74, 6) is 1.59. The van der Waals surface area contributed by atoms with Crippen LogP contribution in [0.2, 0.25) is 0 Å². The molecule has 6 nitrogen and oxygen atoms in total. The Labute approximate surface area is 127 Å². The molecule has 0 radical (unpaired) electrons. The summed E-state index contributed by atoms with van der Waals surface area (Å²) in [6.07, 6.45) is 3.06. The monoisotopic (exact) mass is 295 g/mol. The SMILES string of the molecule is CC(C)NCCCc1nc(C2CN(C)CCCN2C)no1. The molecule has 1 aliphatic rings. The Morgan fingerprint density at radius 3 is 2.90 bits per heavy atom. The maximum atomic E-state index is 5.42. The van der Waals surface area contributed by atoms with E-state index in [0.29, 0.717) is 6.04 Å². The van der Waals surface area contributed by atoms with Gasteiger partial charge < -0.3 is 14.7 Å². The van der Waals surface area contributed by atoms with Gasteiger partial charge in [-0.1, -0.05) is 19.0 Å². The third-order valence-corrected chi connectivity index (χ3v) is 3.97. The van der Waals surface area contributed by atoms with Crippen molar-refractivity contribution in [3.8, 4) is 0 Å². The van der Waals surface area contributed by atoms with E-state index >= 15 is 0 Å². The number of aromatic nitrogens is 2. The summed E-state index contributed by atoms with van der Waals surface area (Å²) in [4.78, 5) is 9.28. The average molecular weight is 295 g/mol. The Kier molecular flexibility index (Phi) is 6.14. The predicted octanol–water partition coefficient (Wildman–Crippen LogP) is 1.31. The number of rotatable bonds is 6. The molecular weight excluding hydrogens is 266 g/mol. The molecule has 120 valence electrons. The molecule has 2 heterocycles. The van der Waals surface area contributed by atoms with Crippen molar-refractivity contribution in [3.63, 3.8) is 0 Å². The van der Waals surface area contributed by atoms with Gasteiger partial charge in [-0.15, -0.1) is 0 Å². The lowest BCUT2D eigenvalue weighted by Gasteiger charge is -2.24. The lowest BCUT2D eigenvalue weighted by molar-refractivity contribution is 0.214. The molecule has 0 bridgehead atoms. The van der Waals surface area contributed by atoms with Gasteiger partial charge >= 0.3 is 0 Å². The van der Waals surface area contributed by atoms with Gasteiger partial charge in [-0.3, -0.25) is 4.90 Å². The fourth-order valence-electron chi connectivity index (χ4n) is 2.69. The van der Waals surface area contributed by atoms with E-state index in [1.807, 2.05) is 0 Å². The summed E-state index contributed by atoms with van der Waals surface area (Å²) >= 11 is 0. The average Bonchev–Trinajstić information content (AvgIpc) is 2.82. The minimum atomic E-state index is 0.240. The molecule has 1 aromatic rings. The first-order valence-electron chi connectivity index (χ1n) is 8.01. The van der Waals surface area contributed by atoms with Crippen molar-refractivity contribution in [2.45, 2.75) is 45.2 Å². The zero-order chi connectivity index (χ0) is 15.2. The van der Waals surface area contributed by atoms with Crippen molar-refractivity contribution < 1.29 is 4.52 Å². The summed E-state index contributed by atoms with van der Waals surface area (Å²) < 4.78 is 5.42. The molecule has 0 aliphatic carbocycles. The van der Waals surface area contributed by atoms with Crippen LogP contribution in [0, 0.1) is 0 Å². The Morgan fingerprint density at radius 2 is 2.14 bits per heavy atom. The van der Waals surface area contributed by atoms with E-state index in [1.54, 1.807) is 0 Å². The first-order chi connectivity index (χ1) is 10.1. The van der Waals surface area contributed by atoms with Crippen molar-refractivity contribution in [2.24, 2.45) is 0 Å². The van der Waals surface area contributed by atoms with Crippen LogP contribution in [0.4, 0.5) is 0 Å². The minimum Gasteiger partial charge on any atom is -0.339 e. The maximum absolute atomic E-state index is 5.42. The second-order valence-corrected chi connectivity index (χ2v) is 6.37. The van der Waals surface area contributed by atoms with E-state index in [-0.39, 0.29) is 6.04 Å². The van der Waals surface area contributed by atoms with Gasteiger partial charge in [0.2, 0.25) is 5.89 Å². The maximum Gasteiger partial charge on any atom is 0.226 e. The number of aryl methyl sites for hydroxylation is 1. The van der Waals surface area contributed by atoms with Gasteiger partial charge in [-0.2, -0.15) is 4.98 Å². The van der Waals surface area contributed by atoms with E-state index in [0.717, 1.165) is 50.7 Å². The lowest BCUT2D eigenvalue weighted by atomic mass is 10.2. The van der Waals surface area contributed by atoms with E-state index < -0.39 is 0 Å². The van der Waals surface area contributed by atoms with E-state index in [1.165, 1.54) is 6.42 Å². The van der Waals surface area contributed by atoms with Crippen molar-refractivity contribution in [2.75, 3.05) is 40.3 Å². The van der Waals surface area contributed by atoms with E-state index in [4.69, 9.17) is 4.52 Å². The van der Waals surface area contributed by atoms with Gasteiger partial charge in [-0.25, -0.2) is 0 Å². The zero-order valence-corrected chi connectivity index (χ0v) is 13.8. The number of likely N-dealkylation sites (N-methyl/N-ethyl adjacent to an activating group) is 2. The van der Waals surface area contributed by atoms with Crippen LogP contribution in [-0.4, -0.2) is 66.3 Å². The second kappa shape index (κ2) is 7.87. The predicted molar refractivity (Wildman–Crippen MR) is 83.2 cm³/mol. The second-order valence-electron chi connectivity index (χ2n) is 6.37. The quantitative estimate of drug-likeness (QED) is 0.799. The molecule has 0 amide bonds. The summed E-state index contributed by atoms with van der Waals surface area (Å²) in [7, 11) is 4.30. The Bertz CT molecular complexity index is 420. The highest BCUT2D eigenvalue weighted by Crippen LogP contribution is 2.20. The number of nitrogens with one attached hydrogen (secondary N) is 1. The third-order valence-electron chi connectivity index (χ3n) is 3.97. The molecule has 1 atom stereocenters. The highest BCUT2D eigenvalue weighted by molar-refractivity contribution is 4.97. The van der Waals surface area contributed by atoms with Gasteiger partial charge in [0.05, 0.1) is 6.04 Å². The molecule has 0 aromatic carbocycles. The van der Waals surface area contributed by atoms with Crippen LogP contribution < -0.4 is 5.32 Å². The third kappa shape index (κ3) is 5.05. The Morgan fingerprint density at radius 1 is 1.33 bits per heavy atom. The van der Waals surface area contributed by atoms with Crippen LogP contribution in [0.15, 0.2) is 4.52 Å². The fourth-order valence-corrected chi connectivity index (χ4v) is 2.69. The van der Waals surface area contributed by atoms with Crippen LogP contribution in [0.25, 0.3) is 0 Å². The molecule has 6 heteroatoms. The van der Waals surface area contributed by atoms with Crippen molar-refractivity contribution in [1.82, 2.24) is 25.3 Å². The molecule has 1 aromatic heterocycles. The first-order valence-corrected chi connectivity index (χ1v) is 8.01. The van der Waals surface area contributed by atoms with Crippen molar-refractivity contribution in [1.29, 1.82) is 0 Å². The first kappa shape index (κ1) is 16.4. The Hall–Kier alpha value is -0.980. The van der Waals surface area contributed by atoms with Crippen LogP contribution >= 0.6 is 0 Å².